The summed E-state index contributed by atoms with van der Waals surface area (Å²) in [7, 11) is 0. The van der Waals surface area contributed by atoms with Crippen LogP contribution in [0.15, 0.2) is 54.9 Å². The average Bonchev–Trinajstić information content (AvgIpc) is 3.10. The Morgan fingerprint density at radius 1 is 1.21 bits per heavy atom. The summed E-state index contributed by atoms with van der Waals surface area (Å²) in [4.78, 5) is 23.8. The monoisotopic (exact) mass is 425 g/mol. The molecule has 29 heavy (non-hydrogen) atoms. The van der Waals surface area contributed by atoms with E-state index >= 15 is 0 Å². The molecule has 0 aliphatic rings. The Hall–Kier alpha value is -2.83. The van der Waals surface area contributed by atoms with Gasteiger partial charge < -0.3 is 0 Å². The fourth-order valence-corrected chi connectivity index (χ4v) is 4.45. The molecule has 0 saturated carbocycles. The van der Waals surface area contributed by atoms with E-state index < -0.39 is 5.82 Å². The number of aryl methyl sites for hydroxylation is 2. The van der Waals surface area contributed by atoms with Gasteiger partial charge in [0.15, 0.2) is 5.13 Å². The van der Waals surface area contributed by atoms with E-state index in [2.05, 4.69) is 11.1 Å². The quantitative estimate of drug-likeness (QED) is 0.406. The fraction of sp³-hybridized carbons (Fsp3) is 0.136. The zero-order valence-corrected chi connectivity index (χ0v) is 17.4. The lowest BCUT2D eigenvalue weighted by molar-refractivity contribution is 0.0985. The minimum absolute atomic E-state index is 0.0688. The van der Waals surface area contributed by atoms with Crippen LogP contribution in [0.25, 0.3) is 10.2 Å². The van der Waals surface area contributed by atoms with Crippen molar-refractivity contribution in [2.45, 2.75) is 20.4 Å². The number of nitrogens with zero attached hydrogens (tertiary/aromatic N) is 3. The van der Waals surface area contributed by atoms with Gasteiger partial charge in [-0.15, -0.1) is 0 Å². The lowest BCUT2D eigenvalue weighted by Crippen LogP contribution is -2.30. The van der Waals surface area contributed by atoms with Gasteiger partial charge in [-0.3, -0.25) is 14.7 Å². The predicted octanol–water partition coefficient (Wildman–Crippen LogP) is 5.95. The van der Waals surface area contributed by atoms with E-state index in [1.165, 1.54) is 23.5 Å². The van der Waals surface area contributed by atoms with Crippen LogP contribution in [0.1, 0.15) is 27.0 Å². The van der Waals surface area contributed by atoms with E-state index in [-0.39, 0.29) is 23.0 Å². The van der Waals surface area contributed by atoms with Crippen molar-refractivity contribution in [3.8, 4) is 0 Å². The van der Waals surface area contributed by atoms with E-state index in [1.807, 2.05) is 32.0 Å². The van der Waals surface area contributed by atoms with Crippen LogP contribution in [-0.2, 0) is 6.54 Å². The number of rotatable bonds is 4. The number of carbonyl (C=O) groups is 1. The van der Waals surface area contributed by atoms with Gasteiger partial charge in [0, 0.05) is 12.4 Å². The highest BCUT2D eigenvalue weighted by molar-refractivity contribution is 7.22. The van der Waals surface area contributed by atoms with Crippen molar-refractivity contribution in [2.24, 2.45) is 0 Å². The normalized spacial score (nSPS) is 11.0. The number of amides is 1. The summed E-state index contributed by atoms with van der Waals surface area (Å²) in [6, 6.07) is 11.6. The molecule has 0 bridgehead atoms. The summed E-state index contributed by atoms with van der Waals surface area (Å²) in [6.07, 6.45) is 3.38. The Labute approximate surface area is 176 Å². The molecule has 4 nitrogen and oxygen atoms in total. The zero-order chi connectivity index (χ0) is 20.5. The average molecular weight is 426 g/mol. The number of aromatic nitrogens is 2. The molecule has 0 aliphatic carbocycles. The van der Waals surface area contributed by atoms with E-state index in [0.29, 0.717) is 5.13 Å². The van der Waals surface area contributed by atoms with Crippen molar-refractivity contribution < 1.29 is 9.18 Å². The Kier molecular flexibility index (Phi) is 5.30. The first-order chi connectivity index (χ1) is 13.9. The van der Waals surface area contributed by atoms with Crippen LogP contribution in [0.5, 0.6) is 0 Å². The van der Waals surface area contributed by atoms with Crippen LogP contribution in [0.2, 0.25) is 5.02 Å². The first-order valence-electron chi connectivity index (χ1n) is 8.96. The molecule has 0 spiro atoms. The van der Waals surface area contributed by atoms with Crippen LogP contribution in [0, 0.1) is 19.7 Å². The molecule has 2 heterocycles. The molecule has 1 amide bonds. The van der Waals surface area contributed by atoms with Crippen molar-refractivity contribution in [3.05, 3.63) is 88.0 Å². The molecule has 146 valence electrons. The Morgan fingerprint density at radius 2 is 2.03 bits per heavy atom. The molecule has 7 heteroatoms. The van der Waals surface area contributed by atoms with Crippen molar-refractivity contribution >= 4 is 44.2 Å². The number of thiazole rings is 1. The standard InChI is InChI=1S/C22H17ClFN3OS/c1-13-8-14(2)20-19(9-13)26-22(29-20)27(12-15-4-3-7-25-11-15)21(28)17-6-5-16(24)10-18(17)23/h3-11H,12H2,1-2H3. The van der Waals surface area contributed by atoms with E-state index in [9.17, 15) is 9.18 Å². The molecule has 0 fully saturated rings. The maximum atomic E-state index is 13.5. The summed E-state index contributed by atoms with van der Waals surface area (Å²) in [5, 5.41) is 0.627. The summed E-state index contributed by atoms with van der Waals surface area (Å²) in [5.41, 5.74) is 4.14. The second kappa shape index (κ2) is 7.89. The number of carbonyl (C=O) groups excluding carboxylic acids is 1. The number of anilines is 1. The lowest BCUT2D eigenvalue weighted by atomic mass is 10.1. The molecule has 4 rings (SSSR count). The maximum Gasteiger partial charge on any atom is 0.261 e. The van der Waals surface area contributed by atoms with Crippen LogP contribution >= 0.6 is 22.9 Å². The Morgan fingerprint density at radius 3 is 2.76 bits per heavy atom. The molecular weight excluding hydrogens is 409 g/mol. The van der Waals surface area contributed by atoms with E-state index in [1.54, 1.807) is 17.3 Å². The summed E-state index contributed by atoms with van der Waals surface area (Å²) in [5.74, 6) is -0.830. The van der Waals surface area contributed by atoms with Gasteiger partial charge in [-0.25, -0.2) is 9.37 Å². The fourth-order valence-electron chi connectivity index (χ4n) is 3.19. The highest BCUT2D eigenvalue weighted by Crippen LogP contribution is 2.34. The van der Waals surface area contributed by atoms with Gasteiger partial charge >= 0.3 is 0 Å². The second-order valence-corrected chi connectivity index (χ2v) is 8.19. The topological polar surface area (TPSA) is 46.1 Å². The molecule has 4 aromatic rings. The van der Waals surface area contributed by atoms with E-state index in [0.717, 1.165) is 33.0 Å². The zero-order valence-electron chi connectivity index (χ0n) is 15.8. The lowest BCUT2D eigenvalue weighted by Gasteiger charge is -2.20. The summed E-state index contributed by atoms with van der Waals surface area (Å²) in [6.45, 7) is 4.32. The number of halogens is 2. The highest BCUT2D eigenvalue weighted by atomic mass is 35.5. The minimum atomic E-state index is -0.489. The third kappa shape index (κ3) is 3.99. The van der Waals surface area contributed by atoms with Gasteiger partial charge in [0.05, 0.1) is 27.3 Å². The van der Waals surface area contributed by atoms with Gasteiger partial charge in [-0.1, -0.05) is 35.1 Å². The SMILES string of the molecule is Cc1cc(C)c2sc(N(Cc3cccnc3)C(=O)c3ccc(F)cc3Cl)nc2c1. The minimum Gasteiger partial charge on any atom is -0.279 e. The van der Waals surface area contributed by atoms with Gasteiger partial charge in [0.25, 0.3) is 5.91 Å². The van der Waals surface area contributed by atoms with Gasteiger partial charge in [0.1, 0.15) is 5.82 Å². The third-order valence-electron chi connectivity index (χ3n) is 4.51. The molecule has 0 atom stereocenters. The Bertz CT molecular complexity index is 1210. The first-order valence-corrected chi connectivity index (χ1v) is 10.2. The second-order valence-electron chi connectivity index (χ2n) is 6.80. The molecule has 0 unspecified atom stereocenters. The van der Waals surface area contributed by atoms with Crippen LogP contribution in [-0.4, -0.2) is 15.9 Å². The number of hydrogen-bond donors (Lipinski definition) is 0. The molecule has 2 aromatic carbocycles. The number of pyridine rings is 1. The van der Waals surface area contributed by atoms with Crippen molar-refractivity contribution in [3.63, 3.8) is 0 Å². The molecule has 0 radical (unpaired) electrons. The van der Waals surface area contributed by atoms with Gasteiger partial charge in [0.2, 0.25) is 0 Å². The highest BCUT2D eigenvalue weighted by Gasteiger charge is 2.24. The summed E-state index contributed by atoms with van der Waals surface area (Å²) >= 11 is 7.62. The summed E-state index contributed by atoms with van der Waals surface area (Å²) < 4.78 is 14.5. The molecule has 0 saturated heterocycles. The smallest absolute Gasteiger partial charge is 0.261 e. The van der Waals surface area contributed by atoms with Crippen LogP contribution in [0.3, 0.4) is 0 Å². The number of benzene rings is 2. The van der Waals surface area contributed by atoms with Crippen LogP contribution in [0.4, 0.5) is 9.52 Å². The molecule has 2 aromatic heterocycles. The molecule has 0 aliphatic heterocycles. The predicted molar refractivity (Wildman–Crippen MR) is 115 cm³/mol. The number of hydrogen-bond acceptors (Lipinski definition) is 4. The molecule has 0 N–H and O–H groups in total. The van der Waals surface area contributed by atoms with Gasteiger partial charge in [-0.05, 0) is 60.9 Å². The maximum absolute atomic E-state index is 13.5. The van der Waals surface area contributed by atoms with Crippen LogP contribution < -0.4 is 4.90 Å². The van der Waals surface area contributed by atoms with Crippen molar-refractivity contribution in [1.82, 2.24) is 9.97 Å². The number of fused-ring (bicyclic) bond motifs is 1. The van der Waals surface area contributed by atoms with Crippen molar-refractivity contribution in [1.29, 1.82) is 0 Å². The molecular formula is C22H17ClFN3OS. The largest absolute Gasteiger partial charge is 0.279 e. The first kappa shape index (κ1) is 19.5. The van der Waals surface area contributed by atoms with E-state index in [4.69, 9.17) is 16.6 Å². The van der Waals surface area contributed by atoms with Gasteiger partial charge in [-0.2, -0.15) is 0 Å². The third-order valence-corrected chi connectivity index (χ3v) is 6.05. The Balaban J connectivity index is 1.82. The van der Waals surface area contributed by atoms with Crippen molar-refractivity contribution in [2.75, 3.05) is 4.90 Å².